The van der Waals surface area contributed by atoms with E-state index in [1.807, 2.05) is 0 Å². The van der Waals surface area contributed by atoms with Crippen molar-refractivity contribution in [2.24, 2.45) is 0 Å². The van der Waals surface area contributed by atoms with E-state index in [9.17, 15) is 0 Å². The first-order valence-electron chi connectivity index (χ1n) is 29.2. The van der Waals surface area contributed by atoms with Crippen LogP contribution in [0.2, 0.25) is 0 Å². The Labute approximate surface area is 454 Å². The van der Waals surface area contributed by atoms with Gasteiger partial charge in [0.15, 0.2) is 5.58 Å². The molecule has 3 aromatic heterocycles. The number of hydrogen-bond donors (Lipinski definition) is 0. The lowest BCUT2D eigenvalue weighted by molar-refractivity contribution is 0.332. The maximum absolute atomic E-state index is 7.56. The van der Waals surface area contributed by atoms with Crippen molar-refractivity contribution in [1.82, 2.24) is 4.57 Å². The zero-order valence-corrected chi connectivity index (χ0v) is 47.0. The summed E-state index contributed by atoms with van der Waals surface area (Å²) >= 11 is 0. The molecule has 11 aromatic rings. The number of anilines is 2. The summed E-state index contributed by atoms with van der Waals surface area (Å²) in [7, 11) is 0. The van der Waals surface area contributed by atoms with Crippen LogP contribution in [-0.2, 0) is 34.5 Å². The normalized spacial score (nSPS) is 17.4. The highest BCUT2D eigenvalue weighted by Crippen LogP contribution is 2.55. The van der Waals surface area contributed by atoms with E-state index in [2.05, 4.69) is 206 Å². The molecule has 77 heavy (non-hydrogen) atoms. The molecule has 5 heteroatoms. The van der Waals surface area contributed by atoms with Crippen molar-refractivity contribution in [3.63, 3.8) is 0 Å². The molecule has 0 N–H and O–H groups in total. The van der Waals surface area contributed by atoms with Gasteiger partial charge >= 0.3 is 6.85 Å². The molecule has 0 fully saturated rings. The van der Waals surface area contributed by atoms with Gasteiger partial charge in [-0.2, -0.15) is 0 Å². The van der Waals surface area contributed by atoms with Gasteiger partial charge in [0.1, 0.15) is 16.7 Å². The molecule has 0 spiro atoms. The molecule has 5 heterocycles. The molecule has 0 saturated carbocycles. The Morgan fingerprint density at radius 1 is 0.468 bits per heavy atom. The number of aromatic nitrogens is 1. The molecule has 4 nitrogen and oxygen atoms in total. The highest BCUT2D eigenvalue weighted by atomic mass is 16.3. The van der Waals surface area contributed by atoms with Gasteiger partial charge in [-0.25, -0.2) is 0 Å². The van der Waals surface area contributed by atoms with Gasteiger partial charge in [-0.3, -0.25) is 0 Å². The smallest absolute Gasteiger partial charge is 0.333 e. The number of rotatable bonds is 8. The molecule has 0 saturated heterocycles. The van der Waals surface area contributed by atoms with Gasteiger partial charge in [0.05, 0.1) is 16.7 Å². The van der Waals surface area contributed by atoms with Crippen LogP contribution in [0.5, 0.6) is 0 Å². The topological polar surface area (TPSA) is 34.5 Å². The lowest BCUT2D eigenvalue weighted by Crippen LogP contribution is -2.60. The Balaban J connectivity index is 1.10. The minimum atomic E-state index is -0.182. The molecule has 0 radical (unpaired) electrons. The number of fused-ring (bicyclic) bond motifs is 16. The number of benzene rings is 8. The van der Waals surface area contributed by atoms with Crippen LogP contribution in [0.3, 0.4) is 0 Å². The third-order valence-corrected chi connectivity index (χ3v) is 19.8. The molecular weight excluding hydrogens is 936 g/mol. The van der Waals surface area contributed by atoms with Crippen molar-refractivity contribution in [3.8, 4) is 27.9 Å². The molecule has 2 aliphatic carbocycles. The summed E-state index contributed by atoms with van der Waals surface area (Å²) in [6, 6.07) is 50.2. The molecule has 4 aliphatic rings. The number of unbranched alkanes of at least 4 members (excludes halogenated alkanes) is 2. The summed E-state index contributed by atoms with van der Waals surface area (Å²) in [4.78, 5) is 2.69. The molecule has 0 amide bonds. The Kier molecular flexibility index (Phi) is 10.00. The molecule has 384 valence electrons. The fourth-order valence-electron chi connectivity index (χ4n) is 15.1. The van der Waals surface area contributed by atoms with E-state index < -0.39 is 0 Å². The van der Waals surface area contributed by atoms with Gasteiger partial charge in [-0.1, -0.05) is 137 Å². The van der Waals surface area contributed by atoms with Crippen LogP contribution < -0.4 is 15.7 Å². The molecule has 0 unspecified atom stereocenters. The number of para-hydroxylation sites is 1. The summed E-state index contributed by atoms with van der Waals surface area (Å²) in [6.45, 7) is 23.9. The van der Waals surface area contributed by atoms with E-state index >= 15 is 0 Å². The molecular formula is C72H71BN2O2. The lowest BCUT2D eigenvalue weighted by Gasteiger charge is -2.42. The lowest BCUT2D eigenvalue weighted by atomic mass is 9.43. The zero-order chi connectivity index (χ0) is 52.7. The first kappa shape index (κ1) is 47.3. The highest BCUT2D eigenvalue weighted by molar-refractivity contribution is 6.94. The quantitative estimate of drug-likeness (QED) is 0.142. The van der Waals surface area contributed by atoms with Crippen LogP contribution in [0.15, 0.2) is 136 Å². The Morgan fingerprint density at radius 3 is 1.71 bits per heavy atom. The zero-order valence-electron chi connectivity index (χ0n) is 47.0. The summed E-state index contributed by atoms with van der Waals surface area (Å²) in [5.74, 6) is 0. The minimum Gasteiger partial charge on any atom is -0.455 e. The predicted octanol–water partition coefficient (Wildman–Crippen LogP) is 18.9. The van der Waals surface area contributed by atoms with E-state index in [1.54, 1.807) is 0 Å². The summed E-state index contributed by atoms with van der Waals surface area (Å²) in [6.07, 6.45) is 11.4. The first-order chi connectivity index (χ1) is 37.0. The fraction of sp³-hybridized carbons (Fsp3) is 0.333. The Bertz CT molecular complexity index is 4330. The van der Waals surface area contributed by atoms with Gasteiger partial charge in [0, 0.05) is 49.3 Å². The van der Waals surface area contributed by atoms with E-state index in [4.69, 9.17) is 8.83 Å². The Hall–Kier alpha value is -6.98. The first-order valence-corrected chi connectivity index (χ1v) is 29.2. The van der Waals surface area contributed by atoms with Crippen LogP contribution in [0.1, 0.15) is 154 Å². The van der Waals surface area contributed by atoms with Crippen LogP contribution >= 0.6 is 0 Å². The van der Waals surface area contributed by atoms with Crippen molar-refractivity contribution >= 4 is 94.8 Å². The molecule has 0 atom stereocenters. The summed E-state index contributed by atoms with van der Waals surface area (Å²) in [5, 5.41) is 7.43. The molecule has 8 aromatic carbocycles. The maximum atomic E-state index is 7.56. The maximum Gasteiger partial charge on any atom is 0.333 e. The second kappa shape index (κ2) is 16.3. The highest BCUT2D eigenvalue weighted by Gasteiger charge is 2.47. The standard InChI is InChI=1S/C72H71BN2O2/c1-11-13-19-42-25-27-58-48(33-42)51-34-43(20-14-12-2)35-57-66(51)74(58)61-37-45(44-21-16-15-17-22-44)36-52-64-59(28-26-47-50-39-54-56(41-63(50)77-68(47)64)72(9,10)32-30-70(54,5)6)75(73(57)65(52)61)60-24-18-23-46-49-38-53-55(40-62(49)76-67(46)60)71(7,8)31-29-69(53,3)4/h15-18,21-28,33-41H,11-14,19-20,29-32H2,1-10H3. The van der Waals surface area contributed by atoms with Gasteiger partial charge in [-0.15, -0.1) is 0 Å². The van der Waals surface area contributed by atoms with Crippen molar-refractivity contribution in [3.05, 3.63) is 161 Å². The number of nitrogens with zero attached hydrogens (tertiary/aromatic N) is 2. The van der Waals surface area contributed by atoms with Gasteiger partial charge in [-0.05, 0) is 207 Å². The van der Waals surface area contributed by atoms with Crippen LogP contribution in [0.25, 0.3) is 93.6 Å². The SMILES string of the molecule is CCCCc1ccc2c(c1)c1cc(CCCC)cc3c1n2-c1cc(-c2ccccc2)cc2c1B3N(c1cccc3c1oc1cc4c(cc13)C(C)(C)CCC4(C)C)c1ccc3c(oc4cc5c(cc43)C(C)(C)CCC5(C)C)c1-2. The van der Waals surface area contributed by atoms with E-state index in [0.29, 0.717) is 0 Å². The van der Waals surface area contributed by atoms with Gasteiger partial charge in [0.25, 0.3) is 0 Å². The second-order valence-corrected chi connectivity index (χ2v) is 26.6. The minimum absolute atomic E-state index is 0.0472. The van der Waals surface area contributed by atoms with Gasteiger partial charge < -0.3 is 18.2 Å². The predicted molar refractivity (Wildman–Crippen MR) is 328 cm³/mol. The Morgan fingerprint density at radius 2 is 1.06 bits per heavy atom. The van der Waals surface area contributed by atoms with Crippen LogP contribution in [0, 0.1) is 0 Å². The summed E-state index contributed by atoms with van der Waals surface area (Å²) in [5.41, 5.74) is 26.1. The van der Waals surface area contributed by atoms with E-state index in [0.717, 1.165) is 90.6 Å². The van der Waals surface area contributed by atoms with Crippen molar-refractivity contribution in [1.29, 1.82) is 0 Å². The third-order valence-electron chi connectivity index (χ3n) is 19.8. The van der Waals surface area contributed by atoms with Crippen LogP contribution in [0.4, 0.5) is 11.4 Å². The largest absolute Gasteiger partial charge is 0.455 e. The molecule has 2 aliphatic heterocycles. The third kappa shape index (κ3) is 6.71. The molecule has 0 bridgehead atoms. The number of hydrogen-bond acceptors (Lipinski definition) is 3. The fourth-order valence-corrected chi connectivity index (χ4v) is 15.1. The second-order valence-electron chi connectivity index (χ2n) is 26.6. The van der Waals surface area contributed by atoms with Crippen molar-refractivity contribution in [2.75, 3.05) is 4.81 Å². The number of furan rings is 2. The van der Waals surface area contributed by atoms with Crippen molar-refractivity contribution in [2.45, 2.75) is 155 Å². The van der Waals surface area contributed by atoms with E-state index in [-0.39, 0.29) is 28.5 Å². The molecule has 15 rings (SSSR count). The van der Waals surface area contributed by atoms with E-state index in [1.165, 1.54) is 123 Å². The number of aryl methyl sites for hydroxylation is 2. The average Bonchev–Trinajstić information content (AvgIpc) is 4.31. The monoisotopic (exact) mass is 1010 g/mol. The van der Waals surface area contributed by atoms with Crippen LogP contribution in [-0.4, -0.2) is 11.4 Å². The van der Waals surface area contributed by atoms with Crippen molar-refractivity contribution < 1.29 is 8.83 Å². The van der Waals surface area contributed by atoms with Gasteiger partial charge in [0.2, 0.25) is 0 Å². The summed E-state index contributed by atoms with van der Waals surface area (Å²) < 4.78 is 17.7. The average molecular weight is 1010 g/mol.